The van der Waals surface area contributed by atoms with Gasteiger partial charge in [-0.15, -0.1) is 0 Å². The molecule has 3 nitrogen and oxygen atoms in total. The molecule has 1 saturated heterocycles. The molecule has 62 valence electrons. The van der Waals surface area contributed by atoms with E-state index in [1.165, 1.54) is 24.3 Å². The molecule has 1 amide bonds. The Labute approximate surface area is 70.5 Å². The number of rotatable bonds is 2. The number of hydrogen-bond acceptors (Lipinski definition) is 3. The molecule has 0 bridgehead atoms. The average Bonchev–Trinajstić information content (AvgIpc) is 2.43. The summed E-state index contributed by atoms with van der Waals surface area (Å²) >= 11 is 1.35. The third-order valence-electron chi connectivity index (χ3n) is 0.797. The molecular weight excluding hydrogens is 162 g/mol. The molecule has 1 aliphatic heterocycles. The summed E-state index contributed by atoms with van der Waals surface area (Å²) in [5.41, 5.74) is 0. The minimum Gasteiger partial charge on any atom is -0.474 e. The number of carbonyl (C=O) groups excluding carboxylic acids is 1. The number of hydrogen-bond donors (Lipinski definition) is 1. The Balaban J connectivity index is 0.000000187. The highest BCUT2D eigenvalue weighted by atomic mass is 32.2. The van der Waals surface area contributed by atoms with E-state index in [2.05, 4.69) is 23.2 Å². The van der Waals surface area contributed by atoms with E-state index in [-0.39, 0.29) is 5.24 Å². The molecule has 11 heavy (non-hydrogen) atoms. The van der Waals surface area contributed by atoms with E-state index in [1.54, 1.807) is 0 Å². The van der Waals surface area contributed by atoms with E-state index in [4.69, 9.17) is 0 Å². The summed E-state index contributed by atoms with van der Waals surface area (Å²) < 4.78 is 4.36. The summed E-state index contributed by atoms with van der Waals surface area (Å²) in [6.07, 6.45) is 2.62. The Bertz CT molecular complexity index is 133. The Kier molecular flexibility index (Phi) is 6.62. The third-order valence-corrected chi connectivity index (χ3v) is 1.61. The third kappa shape index (κ3) is 6.99. The van der Waals surface area contributed by atoms with Crippen LogP contribution < -0.4 is 5.32 Å². The Morgan fingerprint density at radius 2 is 2.18 bits per heavy atom. The first-order valence-corrected chi connectivity index (χ1v) is 4.07. The van der Waals surface area contributed by atoms with Crippen molar-refractivity contribution in [3.05, 3.63) is 25.7 Å². The van der Waals surface area contributed by atoms with E-state index < -0.39 is 0 Å². The van der Waals surface area contributed by atoms with Crippen molar-refractivity contribution < 1.29 is 9.53 Å². The summed E-state index contributed by atoms with van der Waals surface area (Å²) in [4.78, 5) is 10.1. The Morgan fingerprint density at radius 1 is 1.55 bits per heavy atom. The molecule has 0 aliphatic carbocycles. The number of amides is 1. The summed E-state index contributed by atoms with van der Waals surface area (Å²) in [5.74, 6) is 0.943. The molecule has 0 unspecified atom stereocenters. The van der Waals surface area contributed by atoms with Crippen LogP contribution >= 0.6 is 11.8 Å². The number of carbonyl (C=O) groups is 1. The second kappa shape index (κ2) is 7.21. The largest absolute Gasteiger partial charge is 0.474 e. The first-order valence-electron chi connectivity index (χ1n) is 3.09. The lowest BCUT2D eigenvalue weighted by atomic mass is 10.8. The van der Waals surface area contributed by atoms with Gasteiger partial charge >= 0.3 is 0 Å². The van der Waals surface area contributed by atoms with Crippen LogP contribution in [0.2, 0.25) is 0 Å². The minimum absolute atomic E-state index is 0.120. The highest BCUT2D eigenvalue weighted by molar-refractivity contribution is 8.13. The topological polar surface area (TPSA) is 38.3 Å². The first-order chi connectivity index (χ1) is 5.31. The van der Waals surface area contributed by atoms with Gasteiger partial charge in [-0.25, -0.2) is 0 Å². The highest BCUT2D eigenvalue weighted by Crippen LogP contribution is 2.04. The van der Waals surface area contributed by atoms with Crippen molar-refractivity contribution in [2.75, 3.05) is 12.3 Å². The molecule has 0 aromatic heterocycles. The monoisotopic (exact) mass is 173 g/mol. The molecule has 0 aromatic rings. The molecule has 0 atom stereocenters. The van der Waals surface area contributed by atoms with Gasteiger partial charge in [0.05, 0.1) is 12.5 Å². The van der Waals surface area contributed by atoms with Crippen LogP contribution in [0.4, 0.5) is 4.79 Å². The molecular formula is C7H11NO2S. The van der Waals surface area contributed by atoms with Crippen LogP contribution in [0.1, 0.15) is 0 Å². The normalized spacial score (nSPS) is 14.0. The van der Waals surface area contributed by atoms with Gasteiger partial charge < -0.3 is 10.1 Å². The smallest absolute Gasteiger partial charge is 0.279 e. The van der Waals surface area contributed by atoms with E-state index >= 15 is 0 Å². The summed E-state index contributed by atoms with van der Waals surface area (Å²) in [6, 6.07) is 0. The first kappa shape index (κ1) is 10.1. The second-order valence-electron chi connectivity index (χ2n) is 1.53. The van der Waals surface area contributed by atoms with Crippen molar-refractivity contribution in [1.82, 2.24) is 5.32 Å². The zero-order chi connectivity index (χ0) is 8.53. The lowest BCUT2D eigenvalue weighted by Crippen LogP contribution is -2.10. The molecule has 0 aromatic carbocycles. The maximum Gasteiger partial charge on any atom is 0.279 e. The molecule has 1 heterocycles. The molecule has 0 radical (unpaired) electrons. The molecule has 0 spiro atoms. The van der Waals surface area contributed by atoms with Crippen LogP contribution in [-0.4, -0.2) is 17.5 Å². The fraction of sp³-hybridized carbons (Fsp3) is 0.286. The predicted molar refractivity (Wildman–Crippen MR) is 47.3 cm³/mol. The summed E-state index contributed by atoms with van der Waals surface area (Å²) in [7, 11) is 0. The second-order valence-corrected chi connectivity index (χ2v) is 2.60. The van der Waals surface area contributed by atoms with Crippen molar-refractivity contribution in [2.24, 2.45) is 0 Å². The quantitative estimate of drug-likeness (QED) is 0.646. The van der Waals surface area contributed by atoms with Crippen molar-refractivity contribution in [2.45, 2.75) is 0 Å². The van der Waals surface area contributed by atoms with Crippen molar-refractivity contribution in [3.63, 3.8) is 0 Å². The van der Waals surface area contributed by atoms with E-state index in [0.717, 1.165) is 12.3 Å². The van der Waals surface area contributed by atoms with Gasteiger partial charge in [-0.1, -0.05) is 24.9 Å². The van der Waals surface area contributed by atoms with Crippen molar-refractivity contribution in [1.29, 1.82) is 0 Å². The van der Waals surface area contributed by atoms with E-state index in [9.17, 15) is 4.79 Å². The van der Waals surface area contributed by atoms with Gasteiger partial charge in [0.25, 0.3) is 5.24 Å². The van der Waals surface area contributed by atoms with E-state index in [1.807, 2.05) is 0 Å². The number of ether oxygens (including phenoxy) is 1. The zero-order valence-corrected chi connectivity index (χ0v) is 7.02. The van der Waals surface area contributed by atoms with Crippen molar-refractivity contribution >= 4 is 17.0 Å². The van der Waals surface area contributed by atoms with Gasteiger partial charge in [-0.3, -0.25) is 4.79 Å². The van der Waals surface area contributed by atoms with Crippen LogP contribution in [0.5, 0.6) is 0 Å². The fourth-order valence-electron chi connectivity index (χ4n) is 0.416. The number of thioether (sulfide) groups is 1. The SMILES string of the molecule is C=COC=C.O=C1NCCS1. The van der Waals surface area contributed by atoms with Gasteiger partial charge in [0.15, 0.2) is 0 Å². The lowest BCUT2D eigenvalue weighted by molar-refractivity contribution is 0.262. The van der Waals surface area contributed by atoms with Gasteiger partial charge in [0.2, 0.25) is 0 Å². The van der Waals surface area contributed by atoms with Crippen molar-refractivity contribution in [3.8, 4) is 0 Å². The maximum atomic E-state index is 10.1. The molecule has 4 heteroatoms. The Hall–Kier alpha value is -0.900. The van der Waals surface area contributed by atoms with Gasteiger partial charge in [0.1, 0.15) is 0 Å². The highest BCUT2D eigenvalue weighted by Gasteiger charge is 2.06. The zero-order valence-electron chi connectivity index (χ0n) is 6.21. The molecule has 1 N–H and O–H groups in total. The predicted octanol–water partition coefficient (Wildman–Crippen LogP) is 1.73. The van der Waals surface area contributed by atoms with Crippen LogP contribution in [0.3, 0.4) is 0 Å². The molecule has 1 rings (SSSR count). The standard InChI is InChI=1S/C4H6O.C3H5NOS/c1-3-5-4-2;5-3-4-1-2-6-3/h3-4H,1-2H2;1-2H2,(H,4,5). The van der Waals surface area contributed by atoms with Crippen LogP contribution in [-0.2, 0) is 4.74 Å². The van der Waals surface area contributed by atoms with Gasteiger partial charge in [-0.2, -0.15) is 0 Å². The fourth-order valence-corrected chi connectivity index (χ4v) is 1.01. The Morgan fingerprint density at radius 3 is 2.27 bits per heavy atom. The van der Waals surface area contributed by atoms with Gasteiger partial charge in [-0.05, 0) is 0 Å². The minimum atomic E-state index is 0.120. The van der Waals surface area contributed by atoms with Gasteiger partial charge in [0, 0.05) is 12.3 Å². The van der Waals surface area contributed by atoms with Crippen LogP contribution in [0.25, 0.3) is 0 Å². The molecule has 1 fully saturated rings. The lowest BCUT2D eigenvalue weighted by Gasteiger charge is -1.78. The van der Waals surface area contributed by atoms with Crippen LogP contribution in [0, 0.1) is 0 Å². The van der Waals surface area contributed by atoms with E-state index in [0.29, 0.717) is 0 Å². The average molecular weight is 173 g/mol. The number of nitrogens with one attached hydrogen (secondary N) is 1. The summed E-state index contributed by atoms with van der Waals surface area (Å²) in [6.45, 7) is 7.36. The molecule has 0 saturated carbocycles. The van der Waals surface area contributed by atoms with Crippen LogP contribution in [0.15, 0.2) is 25.7 Å². The maximum absolute atomic E-state index is 10.1. The molecule has 1 aliphatic rings. The summed E-state index contributed by atoms with van der Waals surface area (Å²) in [5, 5.41) is 2.76.